The molecule has 4 rings (SSSR count). The average Bonchev–Trinajstić information content (AvgIpc) is 3.09. The van der Waals surface area contributed by atoms with Gasteiger partial charge in [-0.3, -0.25) is 9.59 Å². The number of hydrogen-bond acceptors (Lipinski definition) is 4. The first-order chi connectivity index (χ1) is 11.6. The molecule has 3 heterocycles. The van der Waals surface area contributed by atoms with Crippen LogP contribution < -0.4 is 10.9 Å². The summed E-state index contributed by atoms with van der Waals surface area (Å²) < 4.78 is 5.43. The number of fused-ring (bicyclic) bond motifs is 1. The molecule has 7 heteroatoms. The molecule has 0 bridgehead atoms. The maximum Gasteiger partial charge on any atom is 0.407 e. The molecular weight excluding hydrogens is 310 g/mol. The highest BCUT2D eigenvalue weighted by Gasteiger charge is 2.42. The summed E-state index contributed by atoms with van der Waals surface area (Å²) in [5.74, 6) is -0.222. The molecule has 2 fully saturated rings. The molecule has 0 unspecified atom stereocenters. The molecular formula is C17H21N3O4. The van der Waals surface area contributed by atoms with E-state index in [1.165, 1.54) is 0 Å². The molecule has 2 N–H and O–H groups in total. The van der Waals surface area contributed by atoms with E-state index in [2.05, 4.69) is 10.3 Å². The normalized spacial score (nSPS) is 26.0. The fraction of sp³-hybridized carbons (Fsp3) is 0.588. The molecule has 3 aliphatic rings. The number of amides is 2. The van der Waals surface area contributed by atoms with Crippen molar-refractivity contribution >= 4 is 12.0 Å². The number of alkyl carbamates (subject to hydrolysis) is 1. The topological polar surface area (TPSA) is 91.5 Å². The zero-order valence-corrected chi connectivity index (χ0v) is 13.5. The van der Waals surface area contributed by atoms with Gasteiger partial charge in [0.15, 0.2) is 0 Å². The molecule has 0 saturated carbocycles. The number of nitrogens with zero attached hydrogens (tertiary/aromatic N) is 1. The van der Waals surface area contributed by atoms with E-state index in [4.69, 9.17) is 4.74 Å². The van der Waals surface area contributed by atoms with E-state index < -0.39 is 5.60 Å². The Morgan fingerprint density at radius 3 is 2.83 bits per heavy atom. The Labute approximate surface area is 139 Å². The summed E-state index contributed by atoms with van der Waals surface area (Å²) in [7, 11) is 0. The molecule has 7 nitrogen and oxygen atoms in total. The molecule has 2 amide bonds. The van der Waals surface area contributed by atoms with Crippen LogP contribution in [0.2, 0.25) is 0 Å². The van der Waals surface area contributed by atoms with Gasteiger partial charge in [0.05, 0.1) is 6.54 Å². The molecule has 2 aliphatic heterocycles. The Balaban J connectivity index is 1.53. The summed E-state index contributed by atoms with van der Waals surface area (Å²) in [5.41, 5.74) is 1.48. The lowest BCUT2D eigenvalue weighted by atomic mass is 9.95. The number of aromatic nitrogens is 1. The van der Waals surface area contributed by atoms with Crippen molar-refractivity contribution in [3.05, 3.63) is 33.2 Å². The molecule has 1 aromatic heterocycles. The molecule has 0 radical (unpaired) electrons. The van der Waals surface area contributed by atoms with Crippen LogP contribution >= 0.6 is 0 Å². The van der Waals surface area contributed by atoms with E-state index in [1.54, 1.807) is 11.0 Å². The Hall–Kier alpha value is -2.31. The SMILES string of the molecule is O=C1NC[C@@]2(CCCN(C(=O)c3cc4c([nH]c3=O)CCC4)CC2)O1. The molecule has 1 aromatic rings. The summed E-state index contributed by atoms with van der Waals surface area (Å²) >= 11 is 0. The minimum absolute atomic E-state index is 0.222. The number of hydrogen-bond donors (Lipinski definition) is 2. The highest BCUT2D eigenvalue weighted by molar-refractivity contribution is 5.94. The van der Waals surface area contributed by atoms with Crippen molar-refractivity contribution in [2.75, 3.05) is 19.6 Å². The largest absolute Gasteiger partial charge is 0.441 e. The first-order valence-electron chi connectivity index (χ1n) is 8.58. The second-order valence-corrected chi connectivity index (χ2v) is 6.94. The summed E-state index contributed by atoms with van der Waals surface area (Å²) in [6, 6.07) is 1.77. The number of carbonyl (C=O) groups is 2. The van der Waals surface area contributed by atoms with Gasteiger partial charge in [-0.15, -0.1) is 0 Å². The third-order valence-corrected chi connectivity index (χ3v) is 5.37. The number of ether oxygens (including phenoxy) is 1. The van der Waals surface area contributed by atoms with E-state index in [9.17, 15) is 14.4 Å². The van der Waals surface area contributed by atoms with Gasteiger partial charge in [-0.25, -0.2) is 4.79 Å². The summed E-state index contributed by atoms with van der Waals surface area (Å²) in [6.07, 6.45) is 4.51. The van der Waals surface area contributed by atoms with E-state index in [0.29, 0.717) is 26.1 Å². The van der Waals surface area contributed by atoms with Crippen LogP contribution in [-0.2, 0) is 17.6 Å². The van der Waals surface area contributed by atoms with E-state index in [0.717, 1.165) is 43.4 Å². The third-order valence-electron chi connectivity index (χ3n) is 5.37. The predicted molar refractivity (Wildman–Crippen MR) is 86.1 cm³/mol. The van der Waals surface area contributed by atoms with Crippen molar-refractivity contribution < 1.29 is 14.3 Å². The number of nitrogens with one attached hydrogen (secondary N) is 2. The number of likely N-dealkylation sites (tertiary alicyclic amines) is 1. The molecule has 0 aromatic carbocycles. The number of aryl methyl sites for hydroxylation is 2. The van der Waals surface area contributed by atoms with Gasteiger partial charge in [-0.1, -0.05) is 0 Å². The van der Waals surface area contributed by atoms with Crippen LogP contribution in [0.25, 0.3) is 0 Å². The van der Waals surface area contributed by atoms with Gasteiger partial charge < -0.3 is 19.9 Å². The van der Waals surface area contributed by atoms with Gasteiger partial charge in [0.25, 0.3) is 11.5 Å². The van der Waals surface area contributed by atoms with Crippen molar-refractivity contribution in [2.45, 2.75) is 44.1 Å². The molecule has 24 heavy (non-hydrogen) atoms. The lowest BCUT2D eigenvalue weighted by Gasteiger charge is -2.25. The quantitative estimate of drug-likeness (QED) is 0.802. The van der Waals surface area contributed by atoms with Gasteiger partial charge in [0.2, 0.25) is 0 Å². The predicted octanol–water partition coefficient (Wildman–Crippen LogP) is 0.968. The van der Waals surface area contributed by atoms with Gasteiger partial charge >= 0.3 is 6.09 Å². The monoisotopic (exact) mass is 331 g/mol. The van der Waals surface area contributed by atoms with Crippen LogP contribution in [0, 0.1) is 0 Å². The number of carbonyl (C=O) groups excluding carboxylic acids is 2. The van der Waals surface area contributed by atoms with Gasteiger partial charge in [0.1, 0.15) is 11.2 Å². The van der Waals surface area contributed by atoms with E-state index in [-0.39, 0.29) is 23.1 Å². The van der Waals surface area contributed by atoms with Crippen molar-refractivity contribution in [1.29, 1.82) is 0 Å². The van der Waals surface area contributed by atoms with Crippen LogP contribution in [0.4, 0.5) is 4.79 Å². The van der Waals surface area contributed by atoms with Crippen molar-refractivity contribution in [1.82, 2.24) is 15.2 Å². The summed E-state index contributed by atoms with van der Waals surface area (Å²) in [5, 5.41) is 2.70. The fourth-order valence-corrected chi connectivity index (χ4v) is 3.99. The molecule has 2 saturated heterocycles. The second kappa shape index (κ2) is 5.65. The van der Waals surface area contributed by atoms with Crippen molar-refractivity contribution in [2.24, 2.45) is 0 Å². The standard InChI is InChI=1S/C17H21N3O4/c21-14-12(9-11-3-1-4-13(11)19-14)15(22)20-7-2-5-17(6-8-20)10-18-16(23)24-17/h9H,1-8,10H2,(H,18,23)(H,19,21)/t17-/m0/s1. The number of aromatic amines is 1. The van der Waals surface area contributed by atoms with E-state index in [1.807, 2.05) is 0 Å². The molecule has 128 valence electrons. The van der Waals surface area contributed by atoms with E-state index >= 15 is 0 Å². The summed E-state index contributed by atoms with van der Waals surface area (Å²) in [6.45, 7) is 1.56. The number of pyridine rings is 1. The Morgan fingerprint density at radius 1 is 1.17 bits per heavy atom. The Morgan fingerprint density at radius 2 is 2.04 bits per heavy atom. The first-order valence-corrected chi connectivity index (χ1v) is 8.58. The molecule has 1 spiro atoms. The average molecular weight is 331 g/mol. The zero-order valence-electron chi connectivity index (χ0n) is 13.5. The maximum absolute atomic E-state index is 12.8. The molecule has 1 atom stereocenters. The van der Waals surface area contributed by atoms with Crippen LogP contribution in [-0.4, -0.2) is 47.1 Å². The molecule has 1 aliphatic carbocycles. The van der Waals surface area contributed by atoms with Crippen LogP contribution in [0.1, 0.15) is 47.3 Å². The fourth-order valence-electron chi connectivity index (χ4n) is 3.99. The summed E-state index contributed by atoms with van der Waals surface area (Å²) in [4.78, 5) is 41.0. The highest BCUT2D eigenvalue weighted by atomic mass is 16.6. The number of H-pyrrole nitrogens is 1. The van der Waals surface area contributed by atoms with Crippen molar-refractivity contribution in [3.63, 3.8) is 0 Å². The zero-order chi connectivity index (χ0) is 16.7. The van der Waals surface area contributed by atoms with Crippen LogP contribution in [0.5, 0.6) is 0 Å². The minimum atomic E-state index is -0.504. The Bertz CT molecular complexity index is 757. The van der Waals surface area contributed by atoms with Crippen LogP contribution in [0.15, 0.2) is 10.9 Å². The lowest BCUT2D eigenvalue weighted by Crippen LogP contribution is -2.38. The smallest absolute Gasteiger partial charge is 0.407 e. The van der Waals surface area contributed by atoms with Crippen LogP contribution in [0.3, 0.4) is 0 Å². The lowest BCUT2D eigenvalue weighted by molar-refractivity contribution is 0.0438. The number of rotatable bonds is 1. The second-order valence-electron chi connectivity index (χ2n) is 6.94. The van der Waals surface area contributed by atoms with Crippen molar-refractivity contribution in [3.8, 4) is 0 Å². The minimum Gasteiger partial charge on any atom is -0.441 e. The van der Waals surface area contributed by atoms with Gasteiger partial charge in [0, 0.05) is 25.2 Å². The maximum atomic E-state index is 12.8. The van der Waals surface area contributed by atoms with Gasteiger partial charge in [-0.2, -0.15) is 0 Å². The third kappa shape index (κ3) is 2.57. The van der Waals surface area contributed by atoms with Gasteiger partial charge in [-0.05, 0) is 43.7 Å². The Kier molecular flexibility index (Phi) is 3.58. The highest BCUT2D eigenvalue weighted by Crippen LogP contribution is 2.29. The first kappa shape index (κ1) is 15.2.